The lowest BCUT2D eigenvalue weighted by atomic mass is 10.0. The predicted octanol–water partition coefficient (Wildman–Crippen LogP) is 2.26. The van der Waals surface area contributed by atoms with Crippen molar-refractivity contribution in [1.29, 1.82) is 0 Å². The van der Waals surface area contributed by atoms with E-state index in [9.17, 15) is 0 Å². The predicted molar refractivity (Wildman–Crippen MR) is 81.7 cm³/mol. The fourth-order valence-electron chi connectivity index (χ4n) is 2.97. The molecule has 0 spiro atoms. The summed E-state index contributed by atoms with van der Waals surface area (Å²) in [5.41, 5.74) is 8.86. The maximum atomic E-state index is 6.28. The Balaban J connectivity index is 1.79. The van der Waals surface area contributed by atoms with Gasteiger partial charge in [0.1, 0.15) is 5.82 Å². The van der Waals surface area contributed by atoms with Crippen molar-refractivity contribution in [2.45, 2.75) is 25.3 Å². The Morgan fingerprint density at radius 3 is 3.00 bits per heavy atom. The van der Waals surface area contributed by atoms with Crippen LogP contribution < -0.4 is 10.6 Å². The number of rotatable bonds is 3. The number of fused-ring (bicyclic) bond motifs is 1. The second-order valence-corrected chi connectivity index (χ2v) is 5.50. The lowest BCUT2D eigenvalue weighted by molar-refractivity contribution is 0.623. The quantitative estimate of drug-likeness (QED) is 0.930. The van der Waals surface area contributed by atoms with Crippen LogP contribution in [0.5, 0.6) is 0 Å². The zero-order chi connectivity index (χ0) is 13.9. The first-order valence-electron chi connectivity index (χ1n) is 7.31. The number of aromatic nitrogens is 2. The molecule has 20 heavy (non-hydrogen) atoms. The van der Waals surface area contributed by atoms with Gasteiger partial charge < -0.3 is 15.2 Å². The molecule has 2 aromatic rings. The summed E-state index contributed by atoms with van der Waals surface area (Å²) < 4.78 is 2.09. The number of hydrogen-bond acceptors (Lipinski definition) is 3. The maximum Gasteiger partial charge on any atom is 0.110 e. The summed E-state index contributed by atoms with van der Waals surface area (Å²) in [5.74, 6) is 1.14. The highest BCUT2D eigenvalue weighted by molar-refractivity contribution is 5.55. The van der Waals surface area contributed by atoms with Gasteiger partial charge in [-0.25, -0.2) is 4.98 Å². The molecule has 2 heterocycles. The average molecular weight is 270 g/mol. The number of para-hydroxylation sites is 1. The highest BCUT2D eigenvalue weighted by atomic mass is 15.1. The molecule has 2 N–H and O–H groups in total. The summed E-state index contributed by atoms with van der Waals surface area (Å²) in [6.45, 7) is 2.07. The third-order valence-corrected chi connectivity index (χ3v) is 4.15. The molecule has 0 saturated heterocycles. The molecule has 0 fully saturated rings. The summed E-state index contributed by atoms with van der Waals surface area (Å²) in [5, 5.41) is 0. The molecule has 1 unspecified atom stereocenters. The van der Waals surface area contributed by atoms with E-state index in [0.717, 1.165) is 38.2 Å². The molecule has 0 bridgehead atoms. The Morgan fingerprint density at radius 1 is 1.35 bits per heavy atom. The second-order valence-electron chi connectivity index (χ2n) is 5.50. The molecule has 4 nitrogen and oxygen atoms in total. The van der Waals surface area contributed by atoms with Crippen LogP contribution in [0.25, 0.3) is 0 Å². The SMILES string of the molecule is Cn1ccnc1CCN1CCCC(N)c2ccccc21. The molecule has 0 saturated carbocycles. The highest BCUT2D eigenvalue weighted by Crippen LogP contribution is 2.31. The summed E-state index contributed by atoms with van der Waals surface area (Å²) >= 11 is 0. The summed E-state index contributed by atoms with van der Waals surface area (Å²) in [4.78, 5) is 6.86. The molecular formula is C16H22N4. The van der Waals surface area contributed by atoms with Gasteiger partial charge in [0.15, 0.2) is 0 Å². The Bertz CT molecular complexity index is 575. The number of anilines is 1. The zero-order valence-electron chi connectivity index (χ0n) is 12.0. The van der Waals surface area contributed by atoms with Crippen LogP contribution in [-0.4, -0.2) is 22.6 Å². The van der Waals surface area contributed by atoms with Crippen molar-refractivity contribution in [1.82, 2.24) is 9.55 Å². The highest BCUT2D eigenvalue weighted by Gasteiger charge is 2.19. The van der Waals surface area contributed by atoms with E-state index in [1.807, 2.05) is 12.4 Å². The lowest BCUT2D eigenvalue weighted by Gasteiger charge is -2.25. The fraction of sp³-hybridized carbons (Fsp3) is 0.438. The van der Waals surface area contributed by atoms with Crippen LogP contribution in [-0.2, 0) is 13.5 Å². The van der Waals surface area contributed by atoms with E-state index in [-0.39, 0.29) is 6.04 Å². The first-order chi connectivity index (χ1) is 9.75. The number of hydrogen-bond donors (Lipinski definition) is 1. The van der Waals surface area contributed by atoms with Gasteiger partial charge >= 0.3 is 0 Å². The van der Waals surface area contributed by atoms with Crippen LogP contribution in [0.15, 0.2) is 36.7 Å². The smallest absolute Gasteiger partial charge is 0.110 e. The molecular weight excluding hydrogens is 248 g/mol. The first-order valence-corrected chi connectivity index (χ1v) is 7.31. The summed E-state index contributed by atoms with van der Waals surface area (Å²) in [7, 11) is 2.05. The van der Waals surface area contributed by atoms with Crippen molar-refractivity contribution in [3.05, 3.63) is 48.0 Å². The molecule has 1 aliphatic heterocycles. The normalized spacial score (nSPS) is 18.7. The molecule has 0 amide bonds. The van der Waals surface area contributed by atoms with Crippen LogP contribution >= 0.6 is 0 Å². The molecule has 0 radical (unpaired) electrons. The Hall–Kier alpha value is -1.81. The van der Waals surface area contributed by atoms with Gasteiger partial charge in [0.25, 0.3) is 0 Å². The molecule has 0 aliphatic carbocycles. The largest absolute Gasteiger partial charge is 0.371 e. The minimum Gasteiger partial charge on any atom is -0.371 e. The first kappa shape index (κ1) is 13.2. The number of nitrogens with zero attached hydrogens (tertiary/aromatic N) is 3. The van der Waals surface area contributed by atoms with Gasteiger partial charge in [-0.15, -0.1) is 0 Å². The third kappa shape index (κ3) is 2.56. The number of benzene rings is 1. The second kappa shape index (κ2) is 5.67. The third-order valence-electron chi connectivity index (χ3n) is 4.15. The van der Waals surface area contributed by atoms with E-state index >= 15 is 0 Å². The molecule has 1 aliphatic rings. The summed E-state index contributed by atoms with van der Waals surface area (Å²) in [6.07, 6.45) is 7.04. The van der Waals surface area contributed by atoms with Crippen LogP contribution in [0.4, 0.5) is 5.69 Å². The van der Waals surface area contributed by atoms with Crippen LogP contribution in [0, 0.1) is 0 Å². The van der Waals surface area contributed by atoms with Gasteiger partial charge in [0.2, 0.25) is 0 Å². The van der Waals surface area contributed by atoms with Crippen LogP contribution in [0.1, 0.15) is 30.3 Å². The minimum absolute atomic E-state index is 0.171. The Morgan fingerprint density at radius 2 is 2.20 bits per heavy atom. The van der Waals surface area contributed by atoms with E-state index in [4.69, 9.17) is 5.73 Å². The van der Waals surface area contributed by atoms with Gasteiger partial charge in [0, 0.05) is 50.7 Å². The topological polar surface area (TPSA) is 47.1 Å². The van der Waals surface area contributed by atoms with E-state index in [1.54, 1.807) is 0 Å². The number of imidazole rings is 1. The van der Waals surface area contributed by atoms with Crippen molar-refractivity contribution in [2.75, 3.05) is 18.0 Å². The lowest BCUT2D eigenvalue weighted by Crippen LogP contribution is -2.27. The van der Waals surface area contributed by atoms with Gasteiger partial charge in [-0.3, -0.25) is 0 Å². The molecule has 4 heteroatoms. The van der Waals surface area contributed by atoms with Gasteiger partial charge in [-0.1, -0.05) is 18.2 Å². The average Bonchev–Trinajstić information content (AvgIpc) is 2.80. The van der Waals surface area contributed by atoms with E-state index in [1.165, 1.54) is 11.3 Å². The maximum absolute atomic E-state index is 6.28. The molecule has 106 valence electrons. The molecule has 1 aromatic heterocycles. The molecule has 1 atom stereocenters. The van der Waals surface area contributed by atoms with Crippen molar-refractivity contribution >= 4 is 5.69 Å². The van der Waals surface area contributed by atoms with Gasteiger partial charge in [-0.2, -0.15) is 0 Å². The van der Waals surface area contributed by atoms with Crippen molar-refractivity contribution in [3.8, 4) is 0 Å². The molecule has 1 aromatic carbocycles. The van der Waals surface area contributed by atoms with Crippen molar-refractivity contribution in [2.24, 2.45) is 12.8 Å². The fourth-order valence-corrected chi connectivity index (χ4v) is 2.97. The Labute approximate surface area is 120 Å². The number of nitrogens with two attached hydrogens (primary N) is 1. The minimum atomic E-state index is 0.171. The van der Waals surface area contributed by atoms with Gasteiger partial charge in [-0.05, 0) is 24.5 Å². The summed E-state index contributed by atoms with van der Waals surface area (Å²) in [6, 6.07) is 8.72. The Kier molecular flexibility index (Phi) is 3.74. The van der Waals surface area contributed by atoms with E-state index in [0.29, 0.717) is 0 Å². The van der Waals surface area contributed by atoms with Crippen LogP contribution in [0.3, 0.4) is 0 Å². The monoisotopic (exact) mass is 270 g/mol. The van der Waals surface area contributed by atoms with Crippen molar-refractivity contribution in [3.63, 3.8) is 0 Å². The standard InChI is InChI=1S/C16H22N4/c1-19-12-9-18-16(19)8-11-20-10-4-6-14(17)13-5-2-3-7-15(13)20/h2-3,5,7,9,12,14H,4,6,8,10-11,17H2,1H3. The van der Waals surface area contributed by atoms with Crippen molar-refractivity contribution < 1.29 is 0 Å². The van der Waals surface area contributed by atoms with E-state index in [2.05, 4.69) is 45.8 Å². The molecule has 3 rings (SSSR count). The van der Waals surface area contributed by atoms with E-state index < -0.39 is 0 Å². The van der Waals surface area contributed by atoms with Crippen LogP contribution in [0.2, 0.25) is 0 Å². The number of aryl methyl sites for hydroxylation is 1. The van der Waals surface area contributed by atoms with Gasteiger partial charge in [0.05, 0.1) is 0 Å². The zero-order valence-corrected chi connectivity index (χ0v) is 12.0.